The zero-order chi connectivity index (χ0) is 17.3. The maximum Gasteiger partial charge on any atom is 0.272 e. The third-order valence-corrected chi connectivity index (χ3v) is 3.63. The van der Waals surface area contributed by atoms with Crippen LogP contribution in [0, 0.1) is 10.8 Å². The number of amides is 1. The van der Waals surface area contributed by atoms with E-state index in [9.17, 15) is 4.79 Å². The van der Waals surface area contributed by atoms with Crippen molar-refractivity contribution >= 4 is 34.2 Å². The van der Waals surface area contributed by atoms with Gasteiger partial charge in [-0.1, -0.05) is 12.1 Å². The summed E-state index contributed by atoms with van der Waals surface area (Å²) in [6.45, 7) is 0. The highest BCUT2D eigenvalue weighted by Gasteiger charge is 2.11. The van der Waals surface area contributed by atoms with Gasteiger partial charge in [0, 0.05) is 27.7 Å². The number of hydrogen-bond acceptors (Lipinski definition) is 3. The van der Waals surface area contributed by atoms with Gasteiger partial charge in [0.1, 0.15) is 17.4 Å². The summed E-state index contributed by atoms with van der Waals surface area (Å²) in [7, 11) is 0. The van der Waals surface area contributed by atoms with Gasteiger partial charge in [0.2, 0.25) is 0 Å². The molecular formula is C17H16N6O. The molecule has 8 N–H and O–H groups in total. The number of benzene rings is 2. The molecule has 0 aliphatic rings. The van der Waals surface area contributed by atoms with Crippen molar-refractivity contribution < 1.29 is 4.79 Å². The highest BCUT2D eigenvalue weighted by atomic mass is 16.1. The second-order valence-electron chi connectivity index (χ2n) is 5.34. The molecule has 0 aliphatic carbocycles. The first-order valence-corrected chi connectivity index (χ1v) is 7.17. The van der Waals surface area contributed by atoms with E-state index in [0.29, 0.717) is 22.5 Å². The van der Waals surface area contributed by atoms with Crippen molar-refractivity contribution in [2.45, 2.75) is 0 Å². The Labute approximate surface area is 137 Å². The van der Waals surface area contributed by atoms with Crippen LogP contribution in [0.2, 0.25) is 0 Å². The monoisotopic (exact) mass is 320 g/mol. The predicted molar refractivity (Wildman–Crippen MR) is 94.7 cm³/mol. The quantitative estimate of drug-likeness (QED) is 0.323. The Hall–Kier alpha value is -3.61. The lowest BCUT2D eigenvalue weighted by Gasteiger charge is -2.04. The first-order chi connectivity index (χ1) is 11.4. The molecule has 120 valence electrons. The summed E-state index contributed by atoms with van der Waals surface area (Å²) in [6.07, 6.45) is 0. The van der Waals surface area contributed by atoms with Crippen molar-refractivity contribution in [3.63, 3.8) is 0 Å². The van der Waals surface area contributed by atoms with E-state index in [1.807, 2.05) is 0 Å². The summed E-state index contributed by atoms with van der Waals surface area (Å²) >= 11 is 0. The van der Waals surface area contributed by atoms with Crippen LogP contribution in [0.3, 0.4) is 0 Å². The number of fused-ring (bicyclic) bond motifs is 1. The second-order valence-corrected chi connectivity index (χ2v) is 5.34. The van der Waals surface area contributed by atoms with Gasteiger partial charge in [0.25, 0.3) is 5.91 Å². The maximum absolute atomic E-state index is 12.3. The fourth-order valence-electron chi connectivity index (χ4n) is 2.35. The highest BCUT2D eigenvalue weighted by Crippen LogP contribution is 2.18. The van der Waals surface area contributed by atoms with Crippen LogP contribution >= 0.6 is 0 Å². The van der Waals surface area contributed by atoms with Crippen LogP contribution in [0.4, 0.5) is 5.69 Å². The van der Waals surface area contributed by atoms with E-state index >= 15 is 0 Å². The lowest BCUT2D eigenvalue weighted by Crippen LogP contribution is -2.13. The molecule has 1 heterocycles. The Bertz CT molecular complexity index is 955. The Morgan fingerprint density at radius 1 is 0.917 bits per heavy atom. The first-order valence-electron chi connectivity index (χ1n) is 7.17. The summed E-state index contributed by atoms with van der Waals surface area (Å²) in [5, 5.41) is 18.4. The number of nitrogen functional groups attached to an aromatic ring is 2. The summed E-state index contributed by atoms with van der Waals surface area (Å²) < 4.78 is 0. The van der Waals surface area contributed by atoms with Gasteiger partial charge in [-0.3, -0.25) is 15.6 Å². The minimum absolute atomic E-state index is 0.0234. The molecule has 0 bridgehead atoms. The summed E-state index contributed by atoms with van der Waals surface area (Å²) in [6, 6.07) is 13.7. The standard InChI is InChI=1S/C17H16N6O/c18-15(19)9-3-5-12(6-4-9)22-17(24)14-7-10-1-2-11(16(20)21)8-13(10)23-14/h1-8,23H,(H3,18,19)(H3,20,21)(H,22,24). The number of H-pyrrole nitrogens is 1. The number of rotatable bonds is 4. The third-order valence-electron chi connectivity index (χ3n) is 3.63. The van der Waals surface area contributed by atoms with Gasteiger partial charge in [-0.2, -0.15) is 0 Å². The Kier molecular flexibility index (Phi) is 3.75. The van der Waals surface area contributed by atoms with Crippen molar-refractivity contribution in [1.82, 2.24) is 4.98 Å². The van der Waals surface area contributed by atoms with Gasteiger partial charge in [0.05, 0.1) is 0 Å². The van der Waals surface area contributed by atoms with Crippen LogP contribution in [0.1, 0.15) is 21.6 Å². The molecule has 0 unspecified atom stereocenters. The van der Waals surface area contributed by atoms with Gasteiger partial charge >= 0.3 is 0 Å². The Morgan fingerprint density at radius 3 is 2.17 bits per heavy atom. The van der Waals surface area contributed by atoms with E-state index in [4.69, 9.17) is 22.3 Å². The van der Waals surface area contributed by atoms with Crippen molar-refractivity contribution in [3.8, 4) is 0 Å². The average Bonchev–Trinajstić information content (AvgIpc) is 2.98. The summed E-state index contributed by atoms with van der Waals surface area (Å²) in [4.78, 5) is 15.4. The molecule has 0 atom stereocenters. The zero-order valence-electron chi connectivity index (χ0n) is 12.7. The summed E-state index contributed by atoms with van der Waals surface area (Å²) in [5.41, 5.74) is 13.8. The van der Waals surface area contributed by atoms with Gasteiger partial charge in [-0.25, -0.2) is 0 Å². The predicted octanol–water partition coefficient (Wildman–Crippen LogP) is 1.99. The molecule has 0 saturated carbocycles. The molecule has 3 rings (SSSR count). The molecule has 1 amide bonds. The molecule has 0 radical (unpaired) electrons. The minimum Gasteiger partial charge on any atom is -0.384 e. The van der Waals surface area contributed by atoms with Crippen LogP contribution in [-0.2, 0) is 0 Å². The van der Waals surface area contributed by atoms with Crippen LogP contribution in [0.5, 0.6) is 0 Å². The van der Waals surface area contributed by atoms with E-state index in [0.717, 1.165) is 10.9 Å². The smallest absolute Gasteiger partial charge is 0.272 e. The van der Waals surface area contributed by atoms with Crippen LogP contribution < -0.4 is 16.8 Å². The van der Waals surface area contributed by atoms with Gasteiger partial charge < -0.3 is 21.8 Å². The third kappa shape index (κ3) is 2.95. The fourth-order valence-corrected chi connectivity index (χ4v) is 2.35. The first kappa shape index (κ1) is 15.3. The second kappa shape index (κ2) is 5.88. The van der Waals surface area contributed by atoms with E-state index < -0.39 is 0 Å². The summed E-state index contributed by atoms with van der Waals surface area (Å²) in [5.74, 6) is -0.334. The number of carbonyl (C=O) groups is 1. The van der Waals surface area contributed by atoms with Crippen molar-refractivity contribution in [1.29, 1.82) is 10.8 Å². The molecule has 0 spiro atoms. The maximum atomic E-state index is 12.3. The molecular weight excluding hydrogens is 304 g/mol. The lowest BCUT2D eigenvalue weighted by molar-refractivity contribution is 0.102. The highest BCUT2D eigenvalue weighted by molar-refractivity contribution is 6.07. The number of nitrogens with one attached hydrogen (secondary N) is 4. The van der Waals surface area contributed by atoms with E-state index in [-0.39, 0.29) is 17.6 Å². The number of amidine groups is 2. The SMILES string of the molecule is N=C(N)c1ccc(NC(=O)c2cc3ccc(C(=N)N)cc3[nH]2)cc1. The topological polar surface area (TPSA) is 145 Å². The van der Waals surface area contributed by atoms with Gasteiger partial charge in [-0.15, -0.1) is 0 Å². The molecule has 0 aliphatic heterocycles. The normalized spacial score (nSPS) is 10.5. The van der Waals surface area contributed by atoms with Gasteiger partial charge in [0.15, 0.2) is 0 Å². The Morgan fingerprint density at radius 2 is 1.54 bits per heavy atom. The number of anilines is 1. The number of nitrogens with two attached hydrogens (primary N) is 2. The minimum atomic E-state index is -0.286. The molecule has 24 heavy (non-hydrogen) atoms. The zero-order valence-corrected chi connectivity index (χ0v) is 12.7. The number of carbonyl (C=O) groups excluding carboxylic acids is 1. The molecule has 0 saturated heterocycles. The van der Waals surface area contributed by atoms with E-state index in [2.05, 4.69) is 10.3 Å². The molecule has 1 aromatic heterocycles. The molecule has 2 aromatic carbocycles. The molecule has 0 fully saturated rings. The largest absolute Gasteiger partial charge is 0.384 e. The Balaban J connectivity index is 1.83. The number of hydrogen-bond donors (Lipinski definition) is 6. The number of aromatic nitrogens is 1. The van der Waals surface area contributed by atoms with Crippen molar-refractivity contribution in [2.75, 3.05) is 5.32 Å². The van der Waals surface area contributed by atoms with Crippen molar-refractivity contribution in [3.05, 3.63) is 65.4 Å². The molecule has 7 heteroatoms. The van der Waals surface area contributed by atoms with Crippen LogP contribution in [-0.4, -0.2) is 22.6 Å². The molecule has 3 aromatic rings. The van der Waals surface area contributed by atoms with Crippen LogP contribution in [0.15, 0.2) is 48.5 Å². The molecule has 7 nitrogen and oxygen atoms in total. The van der Waals surface area contributed by atoms with Crippen LogP contribution in [0.25, 0.3) is 10.9 Å². The number of aromatic amines is 1. The van der Waals surface area contributed by atoms with Gasteiger partial charge in [-0.05, 0) is 36.4 Å². The lowest BCUT2D eigenvalue weighted by atomic mass is 10.1. The fraction of sp³-hybridized carbons (Fsp3) is 0. The van der Waals surface area contributed by atoms with Crippen molar-refractivity contribution in [2.24, 2.45) is 11.5 Å². The average molecular weight is 320 g/mol. The van der Waals surface area contributed by atoms with E-state index in [1.54, 1.807) is 48.5 Å². The van der Waals surface area contributed by atoms with E-state index in [1.165, 1.54) is 0 Å².